The molecule has 28 heavy (non-hydrogen) atoms. The van der Waals surface area contributed by atoms with Gasteiger partial charge in [-0.15, -0.1) is 0 Å². The molecule has 0 unspecified atom stereocenters. The minimum atomic E-state index is -3.44. The van der Waals surface area contributed by atoms with Crippen molar-refractivity contribution < 1.29 is 13.2 Å². The van der Waals surface area contributed by atoms with Crippen LogP contribution in [0.2, 0.25) is 0 Å². The van der Waals surface area contributed by atoms with Gasteiger partial charge in [0.25, 0.3) is 0 Å². The first-order valence-corrected chi connectivity index (χ1v) is 11.1. The number of aromatic nitrogens is 1. The number of amides is 1. The number of nitrogens with one attached hydrogen (secondary N) is 1. The second kappa shape index (κ2) is 9.30. The van der Waals surface area contributed by atoms with Crippen molar-refractivity contribution in [1.82, 2.24) is 14.6 Å². The Bertz CT molecular complexity index is 892. The zero-order chi connectivity index (χ0) is 20.0. The molecule has 3 rings (SSSR count). The summed E-state index contributed by atoms with van der Waals surface area (Å²) >= 11 is 0. The van der Waals surface area contributed by atoms with Gasteiger partial charge in [-0.1, -0.05) is 18.2 Å². The molecule has 6 nitrogen and oxygen atoms in total. The SMILES string of the molecule is Cc1ccccc1S(=O)(=O)N1CCC(CCC(=O)NCc2ccncc2)CC1. The Morgan fingerprint density at radius 1 is 1.14 bits per heavy atom. The van der Waals surface area contributed by atoms with Crippen molar-refractivity contribution in [3.63, 3.8) is 0 Å². The normalized spacial score (nSPS) is 16.0. The Kier molecular flexibility index (Phi) is 6.80. The van der Waals surface area contributed by atoms with Crippen LogP contribution in [-0.4, -0.2) is 36.7 Å². The van der Waals surface area contributed by atoms with Gasteiger partial charge < -0.3 is 5.32 Å². The topological polar surface area (TPSA) is 79.4 Å². The standard InChI is InChI=1S/C21H27N3O3S/c1-17-4-2-3-5-20(17)28(26,27)24-14-10-18(11-15-24)6-7-21(25)23-16-19-8-12-22-13-9-19/h2-5,8-9,12-13,18H,6-7,10-11,14-16H2,1H3,(H,23,25). The minimum Gasteiger partial charge on any atom is -0.352 e. The van der Waals surface area contributed by atoms with Crippen molar-refractivity contribution in [3.05, 3.63) is 59.9 Å². The first kappa shape index (κ1) is 20.5. The van der Waals surface area contributed by atoms with E-state index in [0.29, 0.717) is 36.9 Å². The molecule has 2 aromatic rings. The third-order valence-electron chi connectivity index (χ3n) is 5.30. The van der Waals surface area contributed by atoms with Gasteiger partial charge in [-0.2, -0.15) is 4.31 Å². The second-order valence-corrected chi connectivity index (χ2v) is 9.19. The quantitative estimate of drug-likeness (QED) is 0.774. The first-order chi connectivity index (χ1) is 13.5. The highest BCUT2D eigenvalue weighted by Crippen LogP contribution is 2.27. The Morgan fingerprint density at radius 3 is 2.50 bits per heavy atom. The van der Waals surface area contributed by atoms with E-state index in [-0.39, 0.29) is 5.91 Å². The Morgan fingerprint density at radius 2 is 1.82 bits per heavy atom. The number of aryl methyl sites for hydroxylation is 1. The van der Waals surface area contributed by atoms with Crippen molar-refractivity contribution in [1.29, 1.82) is 0 Å². The van der Waals surface area contributed by atoms with Crippen LogP contribution in [0.4, 0.5) is 0 Å². The highest BCUT2D eigenvalue weighted by molar-refractivity contribution is 7.89. The number of rotatable bonds is 7. The maximum atomic E-state index is 12.9. The number of hydrogen-bond donors (Lipinski definition) is 1. The molecule has 0 spiro atoms. The molecule has 7 heteroatoms. The third-order valence-corrected chi connectivity index (χ3v) is 7.36. The zero-order valence-electron chi connectivity index (χ0n) is 16.2. The van der Waals surface area contributed by atoms with Crippen molar-refractivity contribution >= 4 is 15.9 Å². The molecule has 0 aliphatic carbocycles. The van der Waals surface area contributed by atoms with Crippen LogP contribution in [0.1, 0.15) is 36.8 Å². The molecule has 0 radical (unpaired) electrons. The van der Waals surface area contributed by atoms with Crippen molar-refractivity contribution in [3.8, 4) is 0 Å². The molecule has 1 N–H and O–H groups in total. The van der Waals surface area contributed by atoms with Gasteiger partial charge in [-0.05, 0) is 61.4 Å². The fraction of sp³-hybridized carbons (Fsp3) is 0.429. The summed E-state index contributed by atoms with van der Waals surface area (Å²) in [6.07, 6.45) is 6.27. The van der Waals surface area contributed by atoms with Crippen LogP contribution in [0.5, 0.6) is 0 Å². The molecule has 150 valence electrons. The number of benzene rings is 1. The lowest BCUT2D eigenvalue weighted by atomic mass is 9.93. The molecular formula is C21H27N3O3S. The van der Waals surface area contributed by atoms with Crippen LogP contribution in [0, 0.1) is 12.8 Å². The van der Waals surface area contributed by atoms with Gasteiger partial charge in [-0.3, -0.25) is 9.78 Å². The maximum absolute atomic E-state index is 12.9. The average molecular weight is 402 g/mol. The van der Waals surface area contributed by atoms with Gasteiger partial charge in [0, 0.05) is 38.4 Å². The molecule has 1 aliphatic heterocycles. The summed E-state index contributed by atoms with van der Waals surface area (Å²) in [6, 6.07) is 10.9. The van der Waals surface area contributed by atoms with E-state index in [1.165, 1.54) is 0 Å². The lowest BCUT2D eigenvalue weighted by molar-refractivity contribution is -0.121. The molecule has 1 saturated heterocycles. The predicted octanol–water partition coefficient (Wildman–Crippen LogP) is 2.89. The van der Waals surface area contributed by atoms with Crippen molar-refractivity contribution in [2.75, 3.05) is 13.1 Å². The monoisotopic (exact) mass is 401 g/mol. The number of nitrogens with zero attached hydrogens (tertiary/aromatic N) is 2. The lowest BCUT2D eigenvalue weighted by Crippen LogP contribution is -2.39. The lowest BCUT2D eigenvalue weighted by Gasteiger charge is -2.31. The van der Waals surface area contributed by atoms with Crippen LogP contribution >= 0.6 is 0 Å². The largest absolute Gasteiger partial charge is 0.352 e. The molecule has 1 aromatic heterocycles. The molecule has 1 fully saturated rings. The molecule has 0 bridgehead atoms. The smallest absolute Gasteiger partial charge is 0.243 e. The summed E-state index contributed by atoms with van der Waals surface area (Å²) in [5.41, 5.74) is 1.80. The highest BCUT2D eigenvalue weighted by Gasteiger charge is 2.30. The Hall–Kier alpha value is -2.25. The first-order valence-electron chi connectivity index (χ1n) is 9.68. The molecule has 0 saturated carbocycles. The van der Waals surface area contributed by atoms with E-state index in [1.807, 2.05) is 31.2 Å². The van der Waals surface area contributed by atoms with E-state index in [4.69, 9.17) is 0 Å². The van der Waals surface area contributed by atoms with Crippen LogP contribution in [0.15, 0.2) is 53.7 Å². The molecule has 0 atom stereocenters. The van der Waals surface area contributed by atoms with Gasteiger partial charge in [0.05, 0.1) is 4.90 Å². The van der Waals surface area contributed by atoms with E-state index < -0.39 is 10.0 Å². The van der Waals surface area contributed by atoms with Crippen LogP contribution in [0.3, 0.4) is 0 Å². The van der Waals surface area contributed by atoms with Gasteiger partial charge in [0.2, 0.25) is 15.9 Å². The van der Waals surface area contributed by atoms with Gasteiger partial charge in [0.15, 0.2) is 0 Å². The Balaban J connectivity index is 1.44. The number of piperidine rings is 1. The highest BCUT2D eigenvalue weighted by atomic mass is 32.2. The summed E-state index contributed by atoms with van der Waals surface area (Å²) in [4.78, 5) is 16.4. The fourth-order valence-corrected chi connectivity index (χ4v) is 5.24. The van der Waals surface area contributed by atoms with Crippen molar-refractivity contribution in [2.45, 2.75) is 44.0 Å². The fourth-order valence-electron chi connectivity index (χ4n) is 3.55. The Labute approximate surface area is 167 Å². The molecule has 1 amide bonds. The van der Waals surface area contributed by atoms with E-state index >= 15 is 0 Å². The number of carbonyl (C=O) groups is 1. The maximum Gasteiger partial charge on any atom is 0.243 e. The summed E-state index contributed by atoms with van der Waals surface area (Å²) < 4.78 is 27.3. The molecular weight excluding hydrogens is 374 g/mol. The number of sulfonamides is 1. The zero-order valence-corrected chi connectivity index (χ0v) is 17.0. The van der Waals surface area contributed by atoms with Crippen LogP contribution in [0.25, 0.3) is 0 Å². The summed E-state index contributed by atoms with van der Waals surface area (Å²) in [5.74, 6) is 0.418. The van der Waals surface area contributed by atoms with E-state index in [9.17, 15) is 13.2 Å². The second-order valence-electron chi connectivity index (χ2n) is 7.28. The van der Waals surface area contributed by atoms with Gasteiger partial charge in [-0.25, -0.2) is 8.42 Å². The summed E-state index contributed by atoms with van der Waals surface area (Å²) in [5, 5.41) is 2.93. The predicted molar refractivity (Wildman–Crippen MR) is 108 cm³/mol. The summed E-state index contributed by atoms with van der Waals surface area (Å²) in [6.45, 7) is 3.36. The van der Waals surface area contributed by atoms with E-state index in [1.54, 1.807) is 28.8 Å². The third kappa shape index (κ3) is 5.17. The average Bonchev–Trinajstić information content (AvgIpc) is 2.72. The van der Waals surface area contributed by atoms with Crippen LogP contribution < -0.4 is 5.32 Å². The minimum absolute atomic E-state index is 0.0340. The van der Waals surface area contributed by atoms with E-state index in [0.717, 1.165) is 30.4 Å². The van der Waals surface area contributed by atoms with E-state index in [2.05, 4.69) is 10.3 Å². The van der Waals surface area contributed by atoms with Crippen molar-refractivity contribution in [2.24, 2.45) is 5.92 Å². The summed E-state index contributed by atoms with van der Waals surface area (Å²) in [7, 11) is -3.44. The van der Waals surface area contributed by atoms with Gasteiger partial charge >= 0.3 is 0 Å². The molecule has 1 aliphatic rings. The number of pyridine rings is 1. The van der Waals surface area contributed by atoms with Gasteiger partial charge in [0.1, 0.15) is 0 Å². The number of hydrogen-bond acceptors (Lipinski definition) is 4. The van der Waals surface area contributed by atoms with Crippen LogP contribution in [-0.2, 0) is 21.4 Å². The molecule has 2 heterocycles. The number of carbonyl (C=O) groups excluding carboxylic acids is 1. The molecule has 1 aromatic carbocycles.